The summed E-state index contributed by atoms with van der Waals surface area (Å²) in [5.41, 5.74) is 1.03. The minimum Gasteiger partial charge on any atom is -0.491 e. The van der Waals surface area contributed by atoms with E-state index in [1.54, 1.807) is 0 Å². The third kappa shape index (κ3) is 5.00. The van der Waals surface area contributed by atoms with Gasteiger partial charge in [0.1, 0.15) is 5.75 Å². The Bertz CT molecular complexity index is 620. The smallest absolute Gasteiger partial charge is 0.250 e. The van der Waals surface area contributed by atoms with Gasteiger partial charge >= 0.3 is 0 Å². The van der Waals surface area contributed by atoms with Crippen LogP contribution in [0.1, 0.15) is 38.0 Å². The molecule has 1 unspecified atom stereocenters. The lowest BCUT2D eigenvalue weighted by atomic mass is 10.2. The molecule has 22 heavy (non-hydrogen) atoms. The molecule has 2 rings (SSSR count). The molecule has 0 saturated heterocycles. The monoisotopic (exact) mass is 301 g/mol. The molecule has 0 bridgehead atoms. The molecular formula is C17H23N3O2. The predicted octanol–water partition coefficient (Wildman–Crippen LogP) is 3.18. The van der Waals surface area contributed by atoms with Crippen LogP contribution in [0.4, 0.5) is 0 Å². The molecule has 1 aromatic heterocycles. The van der Waals surface area contributed by atoms with Crippen molar-refractivity contribution in [1.29, 1.82) is 0 Å². The average Bonchev–Trinajstić information content (AvgIpc) is 2.92. The molecule has 5 nitrogen and oxygen atoms in total. The Hall–Kier alpha value is -2.14. The van der Waals surface area contributed by atoms with E-state index in [9.17, 15) is 0 Å². The normalized spacial score (nSPS) is 13.0. The van der Waals surface area contributed by atoms with E-state index in [2.05, 4.69) is 22.4 Å². The average molecular weight is 301 g/mol. The Morgan fingerprint density at radius 2 is 2.09 bits per heavy atom. The molecule has 0 radical (unpaired) electrons. The summed E-state index contributed by atoms with van der Waals surface area (Å²) < 4.78 is 10.9. The van der Waals surface area contributed by atoms with Crippen LogP contribution in [0.2, 0.25) is 0 Å². The van der Waals surface area contributed by atoms with Gasteiger partial charge in [-0.05, 0) is 51.6 Å². The molecule has 1 heterocycles. The van der Waals surface area contributed by atoms with E-state index >= 15 is 0 Å². The summed E-state index contributed by atoms with van der Waals surface area (Å²) in [7, 11) is 1.91. The number of rotatable bonds is 7. The van der Waals surface area contributed by atoms with Crippen LogP contribution in [0.3, 0.4) is 0 Å². The number of likely N-dealkylation sites (N-methyl/N-ethyl adjacent to an activating group) is 1. The van der Waals surface area contributed by atoms with Gasteiger partial charge in [0.25, 0.3) is 5.89 Å². The van der Waals surface area contributed by atoms with Gasteiger partial charge in [0, 0.05) is 18.5 Å². The minimum absolute atomic E-state index is 0.159. The van der Waals surface area contributed by atoms with Gasteiger partial charge in [-0.1, -0.05) is 17.3 Å². The number of hydrogen-bond donors (Lipinski definition) is 1. The third-order valence-corrected chi connectivity index (χ3v) is 3.11. The van der Waals surface area contributed by atoms with Crippen LogP contribution >= 0.6 is 0 Å². The quantitative estimate of drug-likeness (QED) is 0.851. The number of hydrogen-bond acceptors (Lipinski definition) is 5. The van der Waals surface area contributed by atoms with Gasteiger partial charge < -0.3 is 14.6 Å². The summed E-state index contributed by atoms with van der Waals surface area (Å²) in [4.78, 5) is 4.35. The summed E-state index contributed by atoms with van der Waals surface area (Å²) in [6.45, 7) is 6.09. The standard InChI is InChI=1S/C17H23N3O2/c1-12(2)21-15-7-5-6-14(11-15)8-9-17-19-16(20-22-17)10-13(3)18-4/h5-9,11-13,18H,10H2,1-4H3/b9-8+. The molecule has 118 valence electrons. The SMILES string of the molecule is CNC(C)Cc1noc(/C=C/c2cccc(OC(C)C)c2)n1. The molecule has 0 fully saturated rings. The second kappa shape index (κ2) is 7.75. The van der Waals surface area contributed by atoms with E-state index in [0.717, 1.165) is 17.7 Å². The molecular weight excluding hydrogens is 278 g/mol. The highest BCUT2D eigenvalue weighted by Crippen LogP contribution is 2.16. The Labute approximate surface area is 131 Å². The lowest BCUT2D eigenvalue weighted by molar-refractivity contribution is 0.242. The maximum atomic E-state index is 5.67. The van der Waals surface area contributed by atoms with Crippen molar-refractivity contribution in [3.8, 4) is 5.75 Å². The lowest BCUT2D eigenvalue weighted by Gasteiger charge is -2.09. The summed E-state index contributed by atoms with van der Waals surface area (Å²) in [5, 5.41) is 7.12. The van der Waals surface area contributed by atoms with Crippen LogP contribution < -0.4 is 10.1 Å². The molecule has 0 aliphatic heterocycles. The van der Waals surface area contributed by atoms with Gasteiger partial charge in [-0.25, -0.2) is 0 Å². The highest BCUT2D eigenvalue weighted by molar-refractivity contribution is 5.66. The van der Waals surface area contributed by atoms with Crippen molar-refractivity contribution in [3.63, 3.8) is 0 Å². The Morgan fingerprint density at radius 3 is 2.82 bits per heavy atom. The highest BCUT2D eigenvalue weighted by Gasteiger charge is 2.07. The van der Waals surface area contributed by atoms with Gasteiger partial charge in [-0.15, -0.1) is 0 Å². The molecule has 1 atom stereocenters. The van der Waals surface area contributed by atoms with Crippen LogP contribution in [0.5, 0.6) is 5.75 Å². The second-order valence-electron chi connectivity index (χ2n) is 5.52. The van der Waals surface area contributed by atoms with Gasteiger partial charge in [0.05, 0.1) is 6.10 Å². The largest absolute Gasteiger partial charge is 0.491 e. The van der Waals surface area contributed by atoms with Gasteiger partial charge in [0.15, 0.2) is 5.82 Å². The highest BCUT2D eigenvalue weighted by atomic mass is 16.5. The Balaban J connectivity index is 2.02. The topological polar surface area (TPSA) is 60.2 Å². The van der Waals surface area contributed by atoms with E-state index < -0.39 is 0 Å². The fraction of sp³-hybridized carbons (Fsp3) is 0.412. The number of aromatic nitrogens is 2. The summed E-state index contributed by atoms with van der Waals surface area (Å²) in [5.74, 6) is 2.07. The molecule has 0 spiro atoms. The third-order valence-electron chi connectivity index (χ3n) is 3.11. The first-order chi connectivity index (χ1) is 10.6. The van der Waals surface area contributed by atoms with Crippen molar-refractivity contribution in [2.24, 2.45) is 0 Å². The van der Waals surface area contributed by atoms with E-state index in [1.807, 2.05) is 57.3 Å². The van der Waals surface area contributed by atoms with Crippen molar-refractivity contribution in [1.82, 2.24) is 15.5 Å². The van der Waals surface area contributed by atoms with Crippen LogP contribution in [-0.4, -0.2) is 29.3 Å². The van der Waals surface area contributed by atoms with Crippen LogP contribution in [0, 0.1) is 0 Å². The number of nitrogens with one attached hydrogen (secondary N) is 1. The molecule has 2 aromatic rings. The molecule has 5 heteroatoms. The maximum absolute atomic E-state index is 5.67. The summed E-state index contributed by atoms with van der Waals surface area (Å²) in [6.07, 6.45) is 4.65. The summed E-state index contributed by atoms with van der Waals surface area (Å²) >= 11 is 0. The maximum Gasteiger partial charge on any atom is 0.250 e. The van der Waals surface area contributed by atoms with E-state index in [-0.39, 0.29) is 6.10 Å². The van der Waals surface area contributed by atoms with Gasteiger partial charge in [-0.2, -0.15) is 4.98 Å². The first-order valence-corrected chi connectivity index (χ1v) is 7.51. The molecule has 0 aliphatic carbocycles. The van der Waals surface area contributed by atoms with Crippen LogP contribution in [0.15, 0.2) is 28.8 Å². The lowest BCUT2D eigenvalue weighted by Crippen LogP contribution is -2.24. The van der Waals surface area contributed by atoms with E-state index in [4.69, 9.17) is 9.26 Å². The predicted molar refractivity (Wildman–Crippen MR) is 87.7 cm³/mol. The van der Waals surface area contributed by atoms with Gasteiger partial charge in [-0.3, -0.25) is 0 Å². The zero-order valence-corrected chi connectivity index (χ0v) is 13.5. The second-order valence-corrected chi connectivity index (χ2v) is 5.52. The van der Waals surface area contributed by atoms with Crippen molar-refractivity contribution in [3.05, 3.63) is 41.5 Å². The van der Waals surface area contributed by atoms with Gasteiger partial charge in [0.2, 0.25) is 0 Å². The number of nitrogens with zero attached hydrogens (tertiary/aromatic N) is 2. The number of benzene rings is 1. The zero-order chi connectivity index (χ0) is 15.9. The Morgan fingerprint density at radius 1 is 1.27 bits per heavy atom. The fourth-order valence-electron chi connectivity index (χ4n) is 1.93. The Kier molecular flexibility index (Phi) is 5.72. The molecule has 0 aliphatic rings. The number of ether oxygens (including phenoxy) is 1. The van der Waals surface area contributed by atoms with Crippen molar-refractivity contribution in [2.75, 3.05) is 7.05 Å². The summed E-state index contributed by atoms with van der Waals surface area (Å²) in [6, 6.07) is 8.22. The molecule has 0 saturated carbocycles. The van der Waals surface area contributed by atoms with Crippen molar-refractivity contribution >= 4 is 12.2 Å². The molecule has 1 aromatic carbocycles. The molecule has 0 amide bonds. The van der Waals surface area contributed by atoms with E-state index in [0.29, 0.717) is 17.8 Å². The van der Waals surface area contributed by atoms with Crippen LogP contribution in [-0.2, 0) is 6.42 Å². The van der Waals surface area contributed by atoms with Crippen molar-refractivity contribution < 1.29 is 9.26 Å². The zero-order valence-electron chi connectivity index (χ0n) is 13.5. The van der Waals surface area contributed by atoms with E-state index in [1.165, 1.54) is 0 Å². The first-order valence-electron chi connectivity index (χ1n) is 7.51. The fourth-order valence-corrected chi connectivity index (χ4v) is 1.93. The first kappa shape index (κ1) is 16.2. The minimum atomic E-state index is 0.159. The molecule has 1 N–H and O–H groups in total. The van der Waals surface area contributed by atoms with Crippen LogP contribution in [0.25, 0.3) is 12.2 Å². The van der Waals surface area contributed by atoms with Crippen molar-refractivity contribution in [2.45, 2.75) is 39.3 Å².